The van der Waals surface area contributed by atoms with Gasteiger partial charge in [-0.1, -0.05) is 25.3 Å². The molecule has 0 saturated heterocycles. The van der Waals surface area contributed by atoms with E-state index in [4.69, 9.17) is 0 Å². The average Bonchev–Trinajstić information content (AvgIpc) is 3.19. The Kier molecular flexibility index (Phi) is 4.74. The molecule has 1 fully saturated rings. The summed E-state index contributed by atoms with van der Waals surface area (Å²) in [6, 6.07) is 10.0. The molecule has 4 rings (SSSR count). The number of rotatable bonds is 4. The zero-order chi connectivity index (χ0) is 17.1. The van der Waals surface area contributed by atoms with Gasteiger partial charge in [0, 0.05) is 34.8 Å². The molecule has 5 heteroatoms. The van der Waals surface area contributed by atoms with E-state index in [9.17, 15) is 4.79 Å². The summed E-state index contributed by atoms with van der Waals surface area (Å²) >= 11 is 1.62. The molecule has 0 N–H and O–H groups in total. The monoisotopic (exact) mass is 351 g/mol. The van der Waals surface area contributed by atoms with E-state index in [1.165, 1.54) is 19.3 Å². The summed E-state index contributed by atoms with van der Waals surface area (Å²) in [5, 5.41) is 3.98. The first-order valence-electron chi connectivity index (χ1n) is 8.85. The largest absolute Gasteiger partial charge is 0.329 e. The minimum Gasteiger partial charge on any atom is -0.329 e. The summed E-state index contributed by atoms with van der Waals surface area (Å²) in [5.74, 6) is 0.104. The van der Waals surface area contributed by atoms with Gasteiger partial charge in [0.25, 0.3) is 5.91 Å². The van der Waals surface area contributed by atoms with Crippen molar-refractivity contribution in [2.45, 2.75) is 44.7 Å². The molecule has 0 bridgehead atoms. The highest BCUT2D eigenvalue weighted by Crippen LogP contribution is 2.26. The highest BCUT2D eigenvalue weighted by atomic mass is 32.1. The van der Waals surface area contributed by atoms with Gasteiger partial charge in [-0.2, -0.15) is 0 Å². The van der Waals surface area contributed by atoms with E-state index < -0.39 is 0 Å². The predicted octanol–water partition coefficient (Wildman–Crippen LogP) is 4.67. The van der Waals surface area contributed by atoms with Gasteiger partial charge in [0.05, 0.1) is 12.1 Å². The molecule has 1 aliphatic rings. The standard InChI is InChI=1S/C20H21N3OS/c24-20(16-8-9-18-15(13-16)5-4-10-21-18)23(14-19-22-11-12-25-19)17-6-2-1-3-7-17/h4-5,8-13,17H,1-3,6-7,14H2. The number of carbonyl (C=O) groups excluding carboxylic acids is 1. The Balaban J connectivity index is 1.65. The number of fused-ring (bicyclic) bond motifs is 1. The molecule has 1 amide bonds. The molecule has 0 spiro atoms. The lowest BCUT2D eigenvalue weighted by molar-refractivity contribution is 0.0614. The van der Waals surface area contributed by atoms with Crippen LogP contribution in [-0.2, 0) is 6.54 Å². The first kappa shape index (κ1) is 16.2. The predicted molar refractivity (Wildman–Crippen MR) is 101 cm³/mol. The fourth-order valence-corrected chi connectivity index (χ4v) is 4.22. The van der Waals surface area contributed by atoms with Crippen LogP contribution in [0.15, 0.2) is 48.1 Å². The number of amides is 1. The van der Waals surface area contributed by atoms with Gasteiger partial charge in [0.2, 0.25) is 0 Å². The minimum atomic E-state index is 0.104. The van der Waals surface area contributed by atoms with Crippen molar-refractivity contribution in [1.29, 1.82) is 0 Å². The fourth-order valence-electron chi connectivity index (χ4n) is 3.61. The van der Waals surface area contributed by atoms with Gasteiger partial charge in [-0.25, -0.2) is 4.98 Å². The Morgan fingerprint density at radius 3 is 2.80 bits per heavy atom. The Bertz CT molecular complexity index is 856. The van der Waals surface area contributed by atoms with Crippen molar-refractivity contribution in [2.75, 3.05) is 0 Å². The van der Waals surface area contributed by atoms with Gasteiger partial charge < -0.3 is 4.90 Å². The average molecular weight is 351 g/mol. The molecule has 0 aliphatic heterocycles. The van der Waals surface area contributed by atoms with E-state index in [-0.39, 0.29) is 5.91 Å². The molecule has 0 radical (unpaired) electrons. The van der Waals surface area contributed by atoms with Crippen molar-refractivity contribution in [2.24, 2.45) is 0 Å². The Labute approximate surface area is 151 Å². The summed E-state index contributed by atoms with van der Waals surface area (Å²) in [6.07, 6.45) is 9.45. The highest BCUT2D eigenvalue weighted by Gasteiger charge is 2.27. The second-order valence-corrected chi connectivity index (χ2v) is 7.54. The summed E-state index contributed by atoms with van der Waals surface area (Å²) in [5.41, 5.74) is 1.66. The van der Waals surface area contributed by atoms with Crippen LogP contribution in [0.25, 0.3) is 10.9 Å². The number of hydrogen-bond acceptors (Lipinski definition) is 4. The molecule has 25 heavy (non-hydrogen) atoms. The fraction of sp³-hybridized carbons (Fsp3) is 0.350. The molecule has 2 aromatic heterocycles. The van der Waals surface area contributed by atoms with Crippen molar-refractivity contribution < 1.29 is 4.79 Å². The maximum Gasteiger partial charge on any atom is 0.254 e. The van der Waals surface area contributed by atoms with E-state index in [0.717, 1.165) is 34.3 Å². The molecule has 1 aliphatic carbocycles. The zero-order valence-electron chi connectivity index (χ0n) is 14.1. The van der Waals surface area contributed by atoms with Gasteiger partial charge >= 0.3 is 0 Å². The lowest BCUT2D eigenvalue weighted by Crippen LogP contribution is -2.41. The lowest BCUT2D eigenvalue weighted by Gasteiger charge is -2.34. The van der Waals surface area contributed by atoms with Crippen LogP contribution >= 0.6 is 11.3 Å². The van der Waals surface area contributed by atoms with Crippen LogP contribution in [0.4, 0.5) is 0 Å². The molecular weight excluding hydrogens is 330 g/mol. The third kappa shape index (κ3) is 3.56. The van der Waals surface area contributed by atoms with E-state index in [1.807, 2.05) is 46.8 Å². The molecule has 1 aromatic carbocycles. The third-order valence-electron chi connectivity index (χ3n) is 4.92. The van der Waals surface area contributed by atoms with E-state index in [0.29, 0.717) is 12.6 Å². The van der Waals surface area contributed by atoms with Gasteiger partial charge in [-0.05, 0) is 37.1 Å². The molecule has 4 nitrogen and oxygen atoms in total. The van der Waals surface area contributed by atoms with Crippen LogP contribution in [-0.4, -0.2) is 26.8 Å². The highest BCUT2D eigenvalue weighted by molar-refractivity contribution is 7.09. The van der Waals surface area contributed by atoms with Gasteiger partial charge in [0.1, 0.15) is 5.01 Å². The van der Waals surface area contributed by atoms with E-state index >= 15 is 0 Å². The normalized spacial score (nSPS) is 15.4. The van der Waals surface area contributed by atoms with Crippen LogP contribution in [0.3, 0.4) is 0 Å². The summed E-state index contributed by atoms with van der Waals surface area (Å²) in [7, 11) is 0. The van der Waals surface area contributed by atoms with E-state index in [2.05, 4.69) is 9.97 Å². The van der Waals surface area contributed by atoms with Crippen molar-refractivity contribution in [3.63, 3.8) is 0 Å². The van der Waals surface area contributed by atoms with Gasteiger partial charge in [-0.3, -0.25) is 9.78 Å². The molecule has 1 saturated carbocycles. The lowest BCUT2D eigenvalue weighted by atomic mass is 9.93. The summed E-state index contributed by atoms with van der Waals surface area (Å²) in [4.78, 5) is 24.1. The number of thiazole rings is 1. The zero-order valence-corrected chi connectivity index (χ0v) is 14.9. The SMILES string of the molecule is O=C(c1ccc2ncccc2c1)N(Cc1nccs1)C1CCCCC1. The quantitative estimate of drug-likeness (QED) is 0.686. The second kappa shape index (κ2) is 7.31. The van der Waals surface area contributed by atoms with Gasteiger partial charge in [0.15, 0.2) is 0 Å². The number of carbonyl (C=O) groups is 1. The topological polar surface area (TPSA) is 46.1 Å². The number of benzene rings is 1. The Hall–Kier alpha value is -2.27. The van der Waals surface area contributed by atoms with Gasteiger partial charge in [-0.15, -0.1) is 11.3 Å². The number of pyridine rings is 1. The summed E-state index contributed by atoms with van der Waals surface area (Å²) < 4.78 is 0. The number of nitrogens with zero attached hydrogens (tertiary/aromatic N) is 3. The van der Waals surface area contributed by atoms with E-state index in [1.54, 1.807) is 17.5 Å². The first-order valence-corrected chi connectivity index (χ1v) is 9.73. The third-order valence-corrected chi connectivity index (χ3v) is 5.68. The summed E-state index contributed by atoms with van der Waals surface area (Å²) in [6.45, 7) is 0.603. The van der Waals surface area contributed by atoms with Crippen LogP contribution in [0.5, 0.6) is 0 Å². The van der Waals surface area contributed by atoms with Crippen LogP contribution < -0.4 is 0 Å². The Morgan fingerprint density at radius 1 is 1.12 bits per heavy atom. The minimum absolute atomic E-state index is 0.104. The van der Waals surface area contributed by atoms with Crippen LogP contribution in [0, 0.1) is 0 Å². The maximum absolute atomic E-state index is 13.3. The molecule has 128 valence electrons. The molecule has 3 aromatic rings. The van der Waals surface area contributed by atoms with Crippen molar-refractivity contribution in [3.05, 3.63) is 58.7 Å². The number of hydrogen-bond donors (Lipinski definition) is 0. The molecule has 0 unspecified atom stereocenters. The maximum atomic E-state index is 13.3. The molecule has 0 atom stereocenters. The van der Waals surface area contributed by atoms with Crippen LogP contribution in [0.1, 0.15) is 47.5 Å². The Morgan fingerprint density at radius 2 is 2.00 bits per heavy atom. The number of aromatic nitrogens is 2. The van der Waals surface area contributed by atoms with Crippen molar-refractivity contribution in [3.8, 4) is 0 Å². The molecule has 2 heterocycles. The van der Waals surface area contributed by atoms with Crippen LogP contribution in [0.2, 0.25) is 0 Å². The second-order valence-electron chi connectivity index (χ2n) is 6.56. The molecular formula is C20H21N3OS. The smallest absolute Gasteiger partial charge is 0.254 e. The van der Waals surface area contributed by atoms with Crippen molar-refractivity contribution in [1.82, 2.24) is 14.9 Å². The van der Waals surface area contributed by atoms with Crippen molar-refractivity contribution >= 4 is 28.1 Å². The first-order chi connectivity index (χ1) is 12.3.